The molecule has 1 amide bonds. The third-order valence-electron chi connectivity index (χ3n) is 4.43. The number of ether oxygens (including phenoxy) is 2. The van der Waals surface area contributed by atoms with Gasteiger partial charge in [-0.15, -0.1) is 0 Å². The zero-order chi connectivity index (χ0) is 18.8. The van der Waals surface area contributed by atoms with Crippen molar-refractivity contribution < 1.29 is 24.2 Å². The Labute approximate surface area is 154 Å². The average Bonchev–Trinajstić information content (AvgIpc) is 2.70. The van der Waals surface area contributed by atoms with E-state index in [-0.39, 0.29) is 0 Å². The molecule has 7 nitrogen and oxygen atoms in total. The van der Waals surface area contributed by atoms with E-state index < -0.39 is 24.5 Å². The van der Waals surface area contributed by atoms with Gasteiger partial charge in [0.1, 0.15) is 5.75 Å². The number of carbonyl (C=O) groups excluding carboxylic acids is 2. The third-order valence-corrected chi connectivity index (χ3v) is 4.43. The molecule has 0 aromatic heterocycles. The molecular formula is C19H28N2O5. The van der Waals surface area contributed by atoms with Gasteiger partial charge in [-0.05, 0) is 56.6 Å². The van der Waals surface area contributed by atoms with Gasteiger partial charge in [-0.1, -0.05) is 6.42 Å². The lowest BCUT2D eigenvalue weighted by molar-refractivity contribution is -0.143. The molecular weight excluding hydrogens is 336 g/mol. The number of aliphatic hydroxyl groups is 1. The summed E-state index contributed by atoms with van der Waals surface area (Å²) >= 11 is 0. The summed E-state index contributed by atoms with van der Waals surface area (Å²) in [5, 5.41) is 11.6. The molecule has 0 bridgehead atoms. The summed E-state index contributed by atoms with van der Waals surface area (Å²) in [7, 11) is 1.20. The first kappa shape index (κ1) is 20.2. The number of nitrogens with zero attached hydrogens (tertiary/aromatic N) is 1. The highest BCUT2D eigenvalue weighted by Gasteiger charge is 2.21. The molecule has 0 aliphatic carbocycles. The van der Waals surface area contributed by atoms with E-state index in [0.717, 1.165) is 13.0 Å². The van der Waals surface area contributed by atoms with Crippen molar-refractivity contribution >= 4 is 11.9 Å². The maximum Gasteiger partial charge on any atom is 0.330 e. The van der Waals surface area contributed by atoms with E-state index in [0.29, 0.717) is 17.9 Å². The van der Waals surface area contributed by atoms with Crippen LogP contribution in [0.25, 0.3) is 0 Å². The van der Waals surface area contributed by atoms with Gasteiger partial charge in [-0.3, -0.25) is 4.79 Å². The van der Waals surface area contributed by atoms with E-state index >= 15 is 0 Å². The molecule has 1 aliphatic heterocycles. The van der Waals surface area contributed by atoms with Crippen LogP contribution >= 0.6 is 0 Å². The van der Waals surface area contributed by atoms with Gasteiger partial charge < -0.3 is 24.8 Å². The Hall–Kier alpha value is -2.12. The molecule has 1 aromatic carbocycles. The van der Waals surface area contributed by atoms with E-state index in [9.17, 15) is 9.59 Å². The van der Waals surface area contributed by atoms with Gasteiger partial charge in [0.25, 0.3) is 5.91 Å². The molecule has 144 valence electrons. The highest BCUT2D eigenvalue weighted by Crippen LogP contribution is 2.13. The van der Waals surface area contributed by atoms with Crippen molar-refractivity contribution in [3.63, 3.8) is 0 Å². The van der Waals surface area contributed by atoms with Gasteiger partial charge in [-0.25, -0.2) is 4.79 Å². The highest BCUT2D eigenvalue weighted by atomic mass is 16.5. The fourth-order valence-electron chi connectivity index (χ4n) is 2.93. The lowest BCUT2D eigenvalue weighted by atomic mass is 10.1. The predicted molar refractivity (Wildman–Crippen MR) is 97.2 cm³/mol. The van der Waals surface area contributed by atoms with Crippen molar-refractivity contribution in [2.45, 2.75) is 31.7 Å². The van der Waals surface area contributed by atoms with E-state index in [2.05, 4.69) is 15.0 Å². The van der Waals surface area contributed by atoms with Crippen LogP contribution < -0.4 is 10.1 Å². The molecule has 0 saturated carbocycles. The molecule has 0 radical (unpaired) electrons. The Morgan fingerprint density at radius 2 is 1.88 bits per heavy atom. The van der Waals surface area contributed by atoms with Gasteiger partial charge in [0.15, 0.2) is 6.04 Å². The number of amides is 1. The van der Waals surface area contributed by atoms with Crippen LogP contribution in [0.2, 0.25) is 0 Å². The molecule has 1 aliphatic rings. The first-order chi connectivity index (χ1) is 12.6. The van der Waals surface area contributed by atoms with Crippen molar-refractivity contribution in [3.05, 3.63) is 29.8 Å². The molecule has 1 atom stereocenters. The molecule has 7 heteroatoms. The Balaban J connectivity index is 1.74. The molecule has 1 fully saturated rings. The number of methoxy groups -OCH3 is 1. The fourth-order valence-corrected chi connectivity index (χ4v) is 2.93. The second-order valence-electron chi connectivity index (χ2n) is 6.36. The number of piperidine rings is 1. The number of likely N-dealkylation sites (tertiary alicyclic amines) is 1. The summed E-state index contributed by atoms with van der Waals surface area (Å²) in [4.78, 5) is 26.0. The third kappa shape index (κ3) is 6.31. The second-order valence-corrected chi connectivity index (χ2v) is 6.36. The Morgan fingerprint density at radius 3 is 2.50 bits per heavy atom. The summed E-state index contributed by atoms with van der Waals surface area (Å²) < 4.78 is 10.2. The van der Waals surface area contributed by atoms with Crippen LogP contribution in [0.1, 0.15) is 36.0 Å². The van der Waals surface area contributed by atoms with E-state index in [4.69, 9.17) is 9.84 Å². The molecule has 0 spiro atoms. The maximum absolute atomic E-state index is 12.1. The maximum atomic E-state index is 12.1. The van der Waals surface area contributed by atoms with Crippen LogP contribution in [-0.2, 0) is 9.53 Å². The van der Waals surface area contributed by atoms with Crippen LogP contribution in [-0.4, -0.2) is 67.9 Å². The molecule has 2 N–H and O–H groups in total. The van der Waals surface area contributed by atoms with Crippen LogP contribution in [0.4, 0.5) is 0 Å². The lowest BCUT2D eigenvalue weighted by Crippen LogP contribution is -2.44. The molecule has 1 unspecified atom stereocenters. The topological polar surface area (TPSA) is 88.1 Å². The monoisotopic (exact) mass is 364 g/mol. The Morgan fingerprint density at radius 1 is 1.19 bits per heavy atom. The van der Waals surface area contributed by atoms with E-state index in [1.165, 1.54) is 39.5 Å². The van der Waals surface area contributed by atoms with Crippen molar-refractivity contribution in [1.82, 2.24) is 10.2 Å². The highest BCUT2D eigenvalue weighted by molar-refractivity contribution is 5.96. The van der Waals surface area contributed by atoms with E-state index in [1.807, 2.05) is 0 Å². The number of hydrogen-bond donors (Lipinski definition) is 2. The summed E-state index contributed by atoms with van der Waals surface area (Å²) in [6.07, 6.45) is 4.89. The zero-order valence-electron chi connectivity index (χ0n) is 15.3. The zero-order valence-corrected chi connectivity index (χ0v) is 15.3. The van der Waals surface area contributed by atoms with Crippen LogP contribution in [0.15, 0.2) is 24.3 Å². The minimum absolute atomic E-state index is 0.382. The number of esters is 1. The Kier molecular flexibility index (Phi) is 8.37. The van der Waals surface area contributed by atoms with Gasteiger partial charge in [-0.2, -0.15) is 0 Å². The van der Waals surface area contributed by atoms with E-state index in [1.54, 1.807) is 24.3 Å². The normalized spacial score (nSPS) is 15.9. The van der Waals surface area contributed by atoms with Gasteiger partial charge in [0.05, 0.1) is 20.3 Å². The molecule has 26 heavy (non-hydrogen) atoms. The van der Waals surface area contributed by atoms with Crippen molar-refractivity contribution in [1.29, 1.82) is 0 Å². The number of carbonyl (C=O) groups is 2. The smallest absolute Gasteiger partial charge is 0.330 e. The largest absolute Gasteiger partial charge is 0.494 e. The molecule has 1 aromatic rings. The van der Waals surface area contributed by atoms with Crippen LogP contribution in [0, 0.1) is 0 Å². The summed E-state index contributed by atoms with van der Waals surface area (Å²) in [6, 6.07) is 5.63. The van der Waals surface area contributed by atoms with Crippen molar-refractivity contribution in [2.75, 3.05) is 40.0 Å². The SMILES string of the molecule is COC(=O)C(CO)NC(=O)c1ccc(OCCCN2CCCCC2)cc1. The standard InChI is InChI=1S/C19H28N2O5/c1-25-19(24)17(14-22)20-18(23)15-6-8-16(9-7-15)26-13-5-12-21-10-3-2-4-11-21/h6-9,17,22H,2-5,10-14H2,1H3,(H,20,23). The number of nitrogens with one attached hydrogen (secondary N) is 1. The fraction of sp³-hybridized carbons (Fsp3) is 0.579. The summed E-state index contributed by atoms with van der Waals surface area (Å²) in [5.74, 6) is -0.438. The number of benzene rings is 1. The Bertz CT molecular complexity index is 570. The average molecular weight is 364 g/mol. The van der Waals surface area contributed by atoms with Crippen molar-refractivity contribution in [2.24, 2.45) is 0 Å². The van der Waals surface area contributed by atoms with Gasteiger partial charge in [0.2, 0.25) is 0 Å². The molecule has 1 saturated heterocycles. The summed E-state index contributed by atoms with van der Waals surface area (Å²) in [5.41, 5.74) is 0.382. The predicted octanol–water partition coefficient (Wildman–Crippen LogP) is 1.21. The molecule has 2 rings (SSSR count). The van der Waals surface area contributed by atoms with Gasteiger partial charge >= 0.3 is 5.97 Å². The minimum atomic E-state index is -1.07. The minimum Gasteiger partial charge on any atom is -0.494 e. The van der Waals surface area contributed by atoms with Crippen LogP contribution in [0.3, 0.4) is 0 Å². The number of aliphatic hydroxyl groups excluding tert-OH is 1. The van der Waals surface area contributed by atoms with Crippen molar-refractivity contribution in [3.8, 4) is 5.75 Å². The number of rotatable bonds is 9. The quantitative estimate of drug-likeness (QED) is 0.506. The van der Waals surface area contributed by atoms with Crippen LogP contribution in [0.5, 0.6) is 5.75 Å². The molecule has 1 heterocycles. The van der Waals surface area contributed by atoms with Gasteiger partial charge in [0, 0.05) is 12.1 Å². The second kappa shape index (κ2) is 10.8. The first-order valence-corrected chi connectivity index (χ1v) is 9.09. The number of hydrogen-bond acceptors (Lipinski definition) is 6. The lowest BCUT2D eigenvalue weighted by Gasteiger charge is -2.26. The summed E-state index contributed by atoms with van der Waals surface area (Å²) in [6.45, 7) is 3.54. The first-order valence-electron chi connectivity index (χ1n) is 9.09.